The molecule has 8 heteroatoms. The minimum atomic E-state index is -3.53. The van der Waals surface area contributed by atoms with E-state index in [9.17, 15) is 13.2 Å². The number of benzene rings is 1. The predicted octanol–water partition coefficient (Wildman–Crippen LogP) is 3.35. The Morgan fingerprint density at radius 3 is 2.22 bits per heavy atom. The van der Waals surface area contributed by atoms with E-state index in [1.54, 1.807) is 12.1 Å². The van der Waals surface area contributed by atoms with Crippen LogP contribution in [0.1, 0.15) is 18.4 Å². The smallest absolute Gasteiger partial charge is 0.253 e. The van der Waals surface area contributed by atoms with Crippen LogP contribution >= 0.6 is 22.9 Å². The Bertz CT molecular complexity index is 997. The lowest BCUT2D eigenvalue weighted by Gasteiger charge is -2.25. The molecule has 27 heavy (non-hydrogen) atoms. The van der Waals surface area contributed by atoms with E-state index in [-0.39, 0.29) is 16.0 Å². The Hall–Kier alpha value is -1.67. The molecule has 0 unspecified atom stereocenters. The second-order valence-corrected chi connectivity index (χ2v) is 10.7. The van der Waals surface area contributed by atoms with Crippen molar-refractivity contribution >= 4 is 38.9 Å². The third-order valence-corrected chi connectivity index (χ3v) is 8.61. The monoisotopic (exact) mass is 422 g/mol. The fourth-order valence-corrected chi connectivity index (χ4v) is 6.66. The van der Waals surface area contributed by atoms with Crippen molar-refractivity contribution in [2.24, 2.45) is 0 Å². The summed E-state index contributed by atoms with van der Waals surface area (Å²) in [4.78, 5) is 14.7. The van der Waals surface area contributed by atoms with Crippen LogP contribution in [0.4, 0.5) is 0 Å². The van der Waals surface area contributed by atoms with Crippen LogP contribution in [0.5, 0.6) is 0 Å². The Morgan fingerprint density at radius 1 is 1.04 bits per heavy atom. The van der Waals surface area contributed by atoms with E-state index in [4.69, 9.17) is 11.6 Å². The van der Waals surface area contributed by atoms with Gasteiger partial charge in [-0.3, -0.25) is 4.79 Å². The maximum atomic E-state index is 12.8. The van der Waals surface area contributed by atoms with Gasteiger partial charge in [0, 0.05) is 26.2 Å². The van der Waals surface area contributed by atoms with E-state index in [0.29, 0.717) is 30.5 Å². The molecule has 2 aromatic rings. The molecule has 1 aromatic heterocycles. The number of halogens is 1. The minimum Gasteiger partial charge on any atom is -0.334 e. The number of rotatable bonds is 4. The Morgan fingerprint density at radius 2 is 1.67 bits per heavy atom. The summed E-state index contributed by atoms with van der Waals surface area (Å²) < 4.78 is 27.7. The number of hydrogen-bond acceptors (Lipinski definition) is 4. The van der Waals surface area contributed by atoms with Crippen molar-refractivity contribution in [2.45, 2.75) is 17.1 Å². The zero-order chi connectivity index (χ0) is 19.2. The summed E-state index contributed by atoms with van der Waals surface area (Å²) in [5.41, 5.74) is 3.07. The zero-order valence-corrected chi connectivity index (χ0v) is 17.1. The molecular weight excluding hydrogens is 404 g/mol. The Balaban J connectivity index is 1.42. The van der Waals surface area contributed by atoms with Crippen LogP contribution in [-0.2, 0) is 14.8 Å². The first-order chi connectivity index (χ1) is 12.9. The summed E-state index contributed by atoms with van der Waals surface area (Å²) in [7, 11) is -3.53. The molecule has 0 radical (unpaired) electrons. The lowest BCUT2D eigenvalue weighted by Crippen LogP contribution is -2.37. The van der Waals surface area contributed by atoms with Crippen molar-refractivity contribution in [3.63, 3.8) is 0 Å². The lowest BCUT2D eigenvalue weighted by molar-refractivity contribution is -0.131. The number of carbonyl (C=O) groups excluding carboxylic acids is 1. The van der Waals surface area contributed by atoms with Gasteiger partial charge in [-0.15, -0.1) is 11.3 Å². The number of carbonyl (C=O) groups is 1. The van der Waals surface area contributed by atoms with Crippen molar-refractivity contribution in [2.75, 3.05) is 26.2 Å². The van der Waals surface area contributed by atoms with Crippen LogP contribution in [-0.4, -0.2) is 49.7 Å². The lowest BCUT2D eigenvalue weighted by atomic mass is 10.00. The van der Waals surface area contributed by atoms with E-state index in [0.717, 1.165) is 28.0 Å². The van der Waals surface area contributed by atoms with Crippen molar-refractivity contribution < 1.29 is 13.2 Å². The molecule has 0 fully saturated rings. The first-order valence-electron chi connectivity index (χ1n) is 8.65. The first kappa shape index (κ1) is 18.7. The molecule has 0 saturated carbocycles. The molecule has 3 heterocycles. The summed E-state index contributed by atoms with van der Waals surface area (Å²) in [5.74, 6) is -0.130. The maximum absolute atomic E-state index is 12.8. The van der Waals surface area contributed by atoms with Gasteiger partial charge in [-0.2, -0.15) is 4.31 Å². The fraction of sp³-hybridized carbons (Fsp3) is 0.316. The molecule has 1 atom stereocenters. The highest BCUT2D eigenvalue weighted by molar-refractivity contribution is 7.91. The van der Waals surface area contributed by atoms with Gasteiger partial charge in [0.2, 0.25) is 5.91 Å². The Kier molecular flexibility index (Phi) is 4.88. The van der Waals surface area contributed by atoms with Gasteiger partial charge >= 0.3 is 0 Å². The molecule has 5 nitrogen and oxygen atoms in total. The van der Waals surface area contributed by atoms with Crippen LogP contribution < -0.4 is 0 Å². The molecule has 0 N–H and O–H groups in total. The second-order valence-electron chi connectivity index (χ2n) is 6.87. The molecule has 1 aromatic carbocycles. The van der Waals surface area contributed by atoms with Gasteiger partial charge in [0.05, 0.1) is 10.3 Å². The molecule has 2 aliphatic rings. The molecule has 0 bridgehead atoms. The number of amides is 1. The van der Waals surface area contributed by atoms with Gasteiger partial charge in [0.1, 0.15) is 4.21 Å². The normalized spacial score (nSPS) is 18.8. The highest BCUT2D eigenvalue weighted by Gasteiger charge is 2.38. The van der Waals surface area contributed by atoms with Crippen LogP contribution in [0.2, 0.25) is 4.34 Å². The summed E-state index contributed by atoms with van der Waals surface area (Å²) in [5, 5.41) is 0. The van der Waals surface area contributed by atoms with E-state index in [1.807, 2.05) is 42.2 Å². The quantitative estimate of drug-likeness (QED) is 0.710. The average molecular weight is 423 g/mol. The van der Waals surface area contributed by atoms with E-state index < -0.39 is 10.0 Å². The summed E-state index contributed by atoms with van der Waals surface area (Å²) in [6.07, 6.45) is 0. The molecule has 0 spiro atoms. The highest BCUT2D eigenvalue weighted by Crippen LogP contribution is 2.34. The van der Waals surface area contributed by atoms with E-state index in [1.165, 1.54) is 4.31 Å². The van der Waals surface area contributed by atoms with Crippen molar-refractivity contribution in [3.05, 3.63) is 63.5 Å². The summed E-state index contributed by atoms with van der Waals surface area (Å²) >= 11 is 6.95. The molecule has 1 amide bonds. The fourth-order valence-electron chi connectivity index (χ4n) is 3.59. The number of hydrogen-bond donors (Lipinski definition) is 0. The van der Waals surface area contributed by atoms with Crippen LogP contribution in [0.15, 0.2) is 57.8 Å². The largest absolute Gasteiger partial charge is 0.334 e. The average Bonchev–Trinajstić information content (AvgIpc) is 3.35. The Labute approximate surface area is 167 Å². The molecule has 4 rings (SSSR count). The van der Waals surface area contributed by atoms with Crippen LogP contribution in [0, 0.1) is 0 Å². The molecular formula is C19H19ClN2O3S2. The SMILES string of the molecule is C[C@@H](C(=O)N1CC2=C(C1)CN(S(=O)(=O)c1ccc(Cl)s1)C2)c1ccccc1. The van der Waals surface area contributed by atoms with Crippen LogP contribution in [0.25, 0.3) is 0 Å². The van der Waals surface area contributed by atoms with Gasteiger partial charge in [0.15, 0.2) is 0 Å². The van der Waals surface area contributed by atoms with Crippen molar-refractivity contribution in [1.29, 1.82) is 0 Å². The maximum Gasteiger partial charge on any atom is 0.253 e. The van der Waals surface area contributed by atoms with Crippen molar-refractivity contribution in [1.82, 2.24) is 9.21 Å². The predicted molar refractivity (Wildman–Crippen MR) is 107 cm³/mol. The topological polar surface area (TPSA) is 57.7 Å². The van der Waals surface area contributed by atoms with Gasteiger partial charge in [-0.05, 0) is 35.8 Å². The third kappa shape index (κ3) is 3.45. The van der Waals surface area contributed by atoms with Crippen molar-refractivity contribution in [3.8, 4) is 0 Å². The van der Waals surface area contributed by atoms with E-state index >= 15 is 0 Å². The van der Waals surface area contributed by atoms with E-state index in [2.05, 4.69) is 0 Å². The molecule has 0 saturated heterocycles. The second kappa shape index (κ2) is 7.05. The zero-order valence-electron chi connectivity index (χ0n) is 14.8. The number of sulfonamides is 1. The summed E-state index contributed by atoms with van der Waals surface area (Å²) in [6, 6.07) is 12.9. The van der Waals surface area contributed by atoms with Gasteiger partial charge in [-0.25, -0.2) is 8.42 Å². The van der Waals surface area contributed by atoms with Gasteiger partial charge < -0.3 is 4.90 Å². The molecule has 2 aliphatic heterocycles. The molecule has 142 valence electrons. The molecule has 0 aliphatic carbocycles. The van der Waals surface area contributed by atoms with Gasteiger partial charge in [-0.1, -0.05) is 41.9 Å². The van der Waals surface area contributed by atoms with Crippen LogP contribution in [0.3, 0.4) is 0 Å². The number of thiophene rings is 1. The third-order valence-electron chi connectivity index (χ3n) is 5.12. The van der Waals surface area contributed by atoms with Gasteiger partial charge in [0.25, 0.3) is 10.0 Å². The standard InChI is InChI=1S/C19H19ClN2O3S2/c1-13(14-5-3-2-4-6-14)19(23)21-9-15-11-22(12-16(15)10-21)27(24,25)18-8-7-17(20)26-18/h2-8,13H,9-12H2,1H3/t13-/m1/s1. The number of nitrogens with zero attached hydrogens (tertiary/aromatic N) is 2. The highest BCUT2D eigenvalue weighted by atomic mass is 35.5. The summed E-state index contributed by atoms with van der Waals surface area (Å²) in [6.45, 7) is 3.61. The minimum absolute atomic E-state index is 0.0787. The first-order valence-corrected chi connectivity index (χ1v) is 11.3.